The van der Waals surface area contributed by atoms with E-state index < -0.39 is 0 Å². The normalized spacial score (nSPS) is 10.7. The number of hydrogen-bond donors (Lipinski definition) is 1. The molecule has 11 heteroatoms. The van der Waals surface area contributed by atoms with Crippen LogP contribution in [-0.4, -0.2) is 66.3 Å². The minimum Gasteiger partial charge on any atom is -0.494 e. The SMILES string of the molecule is CCCOc1ccc(OCC(=O)NCCOc2ccc3nnc(-c4ccc(OC)c(OC)c4)n3n2)cc1. The lowest BCUT2D eigenvalue weighted by Gasteiger charge is -2.10. The Bertz CT molecular complexity index is 1330. The average Bonchev–Trinajstić information content (AvgIpc) is 3.36. The van der Waals surface area contributed by atoms with Gasteiger partial charge in [0.15, 0.2) is 29.6 Å². The predicted octanol–water partition coefficient (Wildman–Crippen LogP) is 3.17. The van der Waals surface area contributed by atoms with E-state index in [2.05, 4.69) is 20.6 Å². The summed E-state index contributed by atoms with van der Waals surface area (Å²) in [5.74, 6) is 3.17. The molecule has 0 saturated carbocycles. The molecule has 0 aliphatic rings. The lowest BCUT2D eigenvalue weighted by molar-refractivity contribution is -0.123. The number of carbonyl (C=O) groups excluding carboxylic acids is 1. The third kappa shape index (κ3) is 6.57. The van der Waals surface area contributed by atoms with Crippen LogP contribution in [0.15, 0.2) is 54.6 Å². The number of amides is 1. The van der Waals surface area contributed by atoms with Crippen molar-refractivity contribution in [2.75, 3.05) is 40.6 Å². The second-order valence-electron chi connectivity index (χ2n) is 7.84. The van der Waals surface area contributed by atoms with E-state index in [4.69, 9.17) is 23.7 Å². The van der Waals surface area contributed by atoms with Crippen molar-refractivity contribution >= 4 is 11.6 Å². The summed E-state index contributed by atoms with van der Waals surface area (Å²) in [7, 11) is 3.15. The Morgan fingerprint density at radius 1 is 0.865 bits per heavy atom. The van der Waals surface area contributed by atoms with Crippen molar-refractivity contribution in [2.24, 2.45) is 0 Å². The van der Waals surface area contributed by atoms with E-state index in [-0.39, 0.29) is 25.7 Å². The second-order valence-corrected chi connectivity index (χ2v) is 7.84. The van der Waals surface area contributed by atoms with Crippen LogP contribution in [0.4, 0.5) is 0 Å². The fraction of sp³-hybridized carbons (Fsp3) is 0.308. The van der Waals surface area contributed by atoms with Gasteiger partial charge in [-0.2, -0.15) is 4.52 Å². The van der Waals surface area contributed by atoms with Gasteiger partial charge in [-0.05, 0) is 55.0 Å². The minimum atomic E-state index is -0.257. The van der Waals surface area contributed by atoms with Crippen molar-refractivity contribution in [3.05, 3.63) is 54.6 Å². The molecule has 0 unspecified atom stereocenters. The Kier molecular flexibility index (Phi) is 8.58. The molecule has 0 fully saturated rings. The Morgan fingerprint density at radius 2 is 1.62 bits per heavy atom. The highest BCUT2D eigenvalue weighted by atomic mass is 16.5. The van der Waals surface area contributed by atoms with Crippen molar-refractivity contribution in [1.82, 2.24) is 25.1 Å². The largest absolute Gasteiger partial charge is 0.494 e. The van der Waals surface area contributed by atoms with Crippen LogP contribution in [-0.2, 0) is 4.79 Å². The van der Waals surface area contributed by atoms with E-state index in [9.17, 15) is 4.79 Å². The molecule has 0 atom stereocenters. The zero-order valence-electron chi connectivity index (χ0n) is 21.0. The van der Waals surface area contributed by atoms with Gasteiger partial charge >= 0.3 is 0 Å². The lowest BCUT2D eigenvalue weighted by atomic mass is 10.2. The maximum atomic E-state index is 12.1. The second kappa shape index (κ2) is 12.4. The molecule has 2 aromatic heterocycles. The van der Waals surface area contributed by atoms with Gasteiger partial charge in [0, 0.05) is 11.6 Å². The molecule has 37 heavy (non-hydrogen) atoms. The van der Waals surface area contributed by atoms with Crippen LogP contribution in [0, 0.1) is 0 Å². The van der Waals surface area contributed by atoms with Gasteiger partial charge in [0.05, 0.1) is 27.4 Å². The van der Waals surface area contributed by atoms with Gasteiger partial charge in [-0.25, -0.2) is 0 Å². The maximum Gasteiger partial charge on any atom is 0.258 e. The molecule has 194 valence electrons. The highest BCUT2D eigenvalue weighted by Gasteiger charge is 2.14. The zero-order valence-corrected chi connectivity index (χ0v) is 21.0. The molecule has 1 amide bonds. The van der Waals surface area contributed by atoms with E-state index in [1.165, 1.54) is 0 Å². The number of aromatic nitrogens is 4. The van der Waals surface area contributed by atoms with Crippen molar-refractivity contribution in [2.45, 2.75) is 13.3 Å². The molecule has 0 saturated heterocycles. The number of rotatable bonds is 13. The number of nitrogens with zero attached hydrogens (tertiary/aromatic N) is 4. The van der Waals surface area contributed by atoms with Gasteiger partial charge in [-0.3, -0.25) is 4.79 Å². The highest BCUT2D eigenvalue weighted by Crippen LogP contribution is 2.31. The molecule has 0 aliphatic carbocycles. The Balaban J connectivity index is 1.27. The number of hydrogen-bond acceptors (Lipinski definition) is 9. The van der Waals surface area contributed by atoms with Crippen LogP contribution in [0.3, 0.4) is 0 Å². The first-order valence-electron chi connectivity index (χ1n) is 11.8. The maximum absolute atomic E-state index is 12.1. The standard InChI is InChI=1S/C26H29N5O6/c1-4-14-35-19-6-8-20(9-7-19)37-17-24(32)27-13-15-36-25-12-11-23-28-29-26(31(23)30-25)18-5-10-21(33-2)22(16-18)34-3/h5-12,16H,4,13-15,17H2,1-3H3,(H,27,32). The van der Waals surface area contributed by atoms with Gasteiger partial charge in [0.25, 0.3) is 5.91 Å². The predicted molar refractivity (Wildman–Crippen MR) is 136 cm³/mol. The molecule has 0 spiro atoms. The third-order valence-corrected chi connectivity index (χ3v) is 5.22. The lowest BCUT2D eigenvalue weighted by Crippen LogP contribution is -2.32. The fourth-order valence-corrected chi connectivity index (χ4v) is 3.40. The average molecular weight is 508 g/mol. The van der Waals surface area contributed by atoms with Crippen LogP contribution >= 0.6 is 0 Å². The molecule has 0 bridgehead atoms. The molecule has 0 radical (unpaired) electrons. The monoisotopic (exact) mass is 507 g/mol. The summed E-state index contributed by atoms with van der Waals surface area (Å²) in [5, 5.41) is 15.6. The zero-order chi connectivity index (χ0) is 26.0. The van der Waals surface area contributed by atoms with Crippen LogP contribution in [0.25, 0.3) is 17.0 Å². The topological polar surface area (TPSA) is 118 Å². The van der Waals surface area contributed by atoms with E-state index in [0.717, 1.165) is 17.7 Å². The Labute approximate surface area is 214 Å². The van der Waals surface area contributed by atoms with Crippen LogP contribution < -0.4 is 29.0 Å². The van der Waals surface area contributed by atoms with E-state index in [1.807, 2.05) is 25.1 Å². The first-order chi connectivity index (χ1) is 18.1. The molecular weight excluding hydrogens is 478 g/mol. The summed E-state index contributed by atoms with van der Waals surface area (Å²) in [6.45, 7) is 3.12. The van der Waals surface area contributed by atoms with Crippen molar-refractivity contribution < 1.29 is 28.5 Å². The molecule has 2 heterocycles. The highest BCUT2D eigenvalue weighted by molar-refractivity contribution is 5.77. The van der Waals surface area contributed by atoms with Crippen LogP contribution in [0.2, 0.25) is 0 Å². The number of ether oxygens (including phenoxy) is 5. The summed E-state index contributed by atoms with van der Waals surface area (Å²) in [5.41, 5.74) is 1.32. The van der Waals surface area contributed by atoms with E-state index in [1.54, 1.807) is 55.1 Å². The number of fused-ring (bicyclic) bond motifs is 1. The molecule has 11 nitrogen and oxygen atoms in total. The summed E-state index contributed by atoms with van der Waals surface area (Å²) >= 11 is 0. The molecule has 0 aliphatic heterocycles. The fourth-order valence-electron chi connectivity index (χ4n) is 3.40. The molecule has 1 N–H and O–H groups in total. The number of nitrogens with one attached hydrogen (secondary N) is 1. The van der Waals surface area contributed by atoms with Gasteiger partial charge in [0.1, 0.15) is 18.1 Å². The van der Waals surface area contributed by atoms with Crippen molar-refractivity contribution in [3.63, 3.8) is 0 Å². The van der Waals surface area contributed by atoms with Gasteiger partial charge in [0.2, 0.25) is 5.88 Å². The van der Waals surface area contributed by atoms with Crippen molar-refractivity contribution in [1.29, 1.82) is 0 Å². The van der Waals surface area contributed by atoms with E-state index in [0.29, 0.717) is 41.2 Å². The first kappa shape index (κ1) is 25.5. The third-order valence-electron chi connectivity index (χ3n) is 5.22. The molecule has 4 rings (SSSR count). The summed E-state index contributed by atoms with van der Waals surface area (Å²) in [6.07, 6.45) is 0.938. The summed E-state index contributed by atoms with van der Waals surface area (Å²) in [4.78, 5) is 12.1. The Hall–Kier alpha value is -4.54. The Morgan fingerprint density at radius 3 is 2.35 bits per heavy atom. The van der Waals surface area contributed by atoms with E-state index >= 15 is 0 Å². The quantitative estimate of drug-likeness (QED) is 0.272. The van der Waals surface area contributed by atoms with Gasteiger partial charge in [-0.1, -0.05) is 6.92 Å². The number of carbonyl (C=O) groups is 1. The van der Waals surface area contributed by atoms with Gasteiger partial charge in [-0.15, -0.1) is 15.3 Å². The number of benzene rings is 2. The van der Waals surface area contributed by atoms with Crippen LogP contribution in [0.5, 0.6) is 28.9 Å². The van der Waals surface area contributed by atoms with Crippen molar-refractivity contribution in [3.8, 4) is 40.3 Å². The molecule has 2 aromatic carbocycles. The smallest absolute Gasteiger partial charge is 0.258 e. The molecular formula is C26H29N5O6. The minimum absolute atomic E-state index is 0.102. The first-order valence-corrected chi connectivity index (χ1v) is 11.8. The molecule has 4 aromatic rings. The van der Waals surface area contributed by atoms with Gasteiger partial charge < -0.3 is 29.0 Å². The number of methoxy groups -OCH3 is 2. The summed E-state index contributed by atoms with van der Waals surface area (Å²) in [6, 6.07) is 16.1. The van der Waals surface area contributed by atoms with Crippen LogP contribution in [0.1, 0.15) is 13.3 Å². The summed E-state index contributed by atoms with van der Waals surface area (Å²) < 4.78 is 29.0.